The molecule has 2 aliphatic carbocycles. The number of anilines is 1. The molecule has 5 rings (SSSR count). The molecule has 2 saturated carbocycles. The van der Waals surface area contributed by atoms with Crippen molar-refractivity contribution in [2.24, 2.45) is 17.8 Å². The van der Waals surface area contributed by atoms with Crippen molar-refractivity contribution in [3.63, 3.8) is 0 Å². The average Bonchev–Trinajstić information content (AvgIpc) is 2.99. The largest absolute Gasteiger partial charge is 0.431 e. The zero-order chi connectivity index (χ0) is 20.5. The number of alkyl halides is 2. The van der Waals surface area contributed by atoms with Crippen LogP contribution in [0, 0.1) is 17.8 Å². The van der Waals surface area contributed by atoms with Crippen LogP contribution in [0.4, 0.5) is 14.6 Å². The summed E-state index contributed by atoms with van der Waals surface area (Å²) in [5.41, 5.74) is 8.31. The summed E-state index contributed by atoms with van der Waals surface area (Å²) in [6, 6.07) is 3.75. The van der Waals surface area contributed by atoms with Crippen LogP contribution in [-0.2, 0) is 4.74 Å². The minimum Gasteiger partial charge on any atom is -0.431 e. The van der Waals surface area contributed by atoms with Gasteiger partial charge < -0.3 is 15.2 Å². The van der Waals surface area contributed by atoms with Gasteiger partial charge in [-0.25, -0.2) is 4.98 Å². The Morgan fingerprint density at radius 1 is 1.34 bits per heavy atom. The van der Waals surface area contributed by atoms with Gasteiger partial charge in [0.25, 0.3) is 0 Å². The maximum Gasteiger partial charge on any atom is 0.387 e. The minimum atomic E-state index is -2.95. The summed E-state index contributed by atoms with van der Waals surface area (Å²) < 4.78 is 37.8. The van der Waals surface area contributed by atoms with E-state index in [4.69, 9.17) is 15.6 Å². The van der Waals surface area contributed by atoms with Crippen molar-refractivity contribution in [3.8, 4) is 17.0 Å². The second kappa shape index (κ2) is 6.39. The number of aromatic nitrogens is 3. The Bertz CT molecular complexity index is 941. The fourth-order valence-electron chi connectivity index (χ4n) is 5.58. The molecule has 0 amide bonds. The number of hydrogen-bond donors (Lipinski definition) is 1. The molecule has 156 valence electrons. The Morgan fingerprint density at radius 2 is 2.10 bits per heavy atom. The Labute approximate surface area is 168 Å². The first-order valence-corrected chi connectivity index (χ1v) is 10.2. The van der Waals surface area contributed by atoms with Crippen molar-refractivity contribution in [3.05, 3.63) is 24.0 Å². The smallest absolute Gasteiger partial charge is 0.387 e. The standard InChI is InChI=1S/C21H26F2N4O2/c1-10(2)27-15(18-13-8-21(4-5-28-21)11(3)17(13)18)7-14(26-27)12-6-16(29-20(22)23)19(24)25-9-12/h6-7,9-11,13,17-18,20H,4-5,8H2,1-3H3,(H2,24,25)/t11?,13-,17+,18-,21?/m1/s1. The number of rotatable bonds is 5. The van der Waals surface area contributed by atoms with Crippen LogP contribution in [0.2, 0.25) is 0 Å². The molecule has 6 nitrogen and oxygen atoms in total. The predicted molar refractivity (Wildman–Crippen MR) is 104 cm³/mol. The van der Waals surface area contributed by atoms with Crippen molar-refractivity contribution in [1.29, 1.82) is 0 Å². The number of nitrogens with two attached hydrogens (primary N) is 1. The van der Waals surface area contributed by atoms with Crippen LogP contribution in [-0.4, -0.2) is 33.6 Å². The molecule has 1 spiro atoms. The van der Waals surface area contributed by atoms with E-state index in [2.05, 4.69) is 41.2 Å². The van der Waals surface area contributed by atoms with Crippen LogP contribution < -0.4 is 10.5 Å². The third kappa shape index (κ3) is 2.83. The van der Waals surface area contributed by atoms with Gasteiger partial charge in [-0.2, -0.15) is 13.9 Å². The summed E-state index contributed by atoms with van der Waals surface area (Å²) in [6.07, 6.45) is 3.85. The van der Waals surface area contributed by atoms with Gasteiger partial charge in [0.15, 0.2) is 11.6 Å². The summed E-state index contributed by atoms with van der Waals surface area (Å²) >= 11 is 0. The number of nitrogens with zero attached hydrogens (tertiary/aromatic N) is 3. The topological polar surface area (TPSA) is 75.2 Å². The third-order valence-corrected chi connectivity index (χ3v) is 7.12. The number of ether oxygens (including phenoxy) is 2. The lowest BCUT2D eigenvalue weighted by atomic mass is 9.79. The van der Waals surface area contributed by atoms with Gasteiger partial charge in [-0.1, -0.05) is 6.92 Å². The number of fused-ring (bicyclic) bond motifs is 1. The Kier molecular flexibility index (Phi) is 4.14. The van der Waals surface area contributed by atoms with Crippen molar-refractivity contribution < 1.29 is 18.3 Å². The number of pyridine rings is 1. The van der Waals surface area contributed by atoms with E-state index in [0.717, 1.165) is 13.0 Å². The minimum absolute atomic E-state index is 0.0612. The van der Waals surface area contributed by atoms with Crippen LogP contribution in [0.3, 0.4) is 0 Å². The molecule has 3 fully saturated rings. The first-order valence-electron chi connectivity index (χ1n) is 10.2. The van der Waals surface area contributed by atoms with Gasteiger partial charge in [0.2, 0.25) is 0 Å². The highest BCUT2D eigenvalue weighted by molar-refractivity contribution is 5.64. The Morgan fingerprint density at radius 3 is 2.66 bits per heavy atom. The van der Waals surface area contributed by atoms with E-state index in [9.17, 15) is 8.78 Å². The Balaban J connectivity index is 1.46. The molecular formula is C21H26F2N4O2. The SMILES string of the molecule is CC(C)n1nc(-c2cnc(N)c(OC(F)F)c2)cc1[C@H]1[C@@H]2CC3(CCO3)C(C)[C@@H]21. The van der Waals surface area contributed by atoms with E-state index in [-0.39, 0.29) is 23.2 Å². The number of nitrogen functional groups attached to an aromatic ring is 1. The second-order valence-corrected chi connectivity index (χ2v) is 8.90. The molecule has 5 atom stereocenters. The molecule has 2 aromatic rings. The molecule has 2 N–H and O–H groups in total. The normalized spacial score (nSPS) is 32.7. The van der Waals surface area contributed by atoms with Crippen molar-refractivity contribution in [1.82, 2.24) is 14.8 Å². The van der Waals surface area contributed by atoms with Crippen LogP contribution in [0.15, 0.2) is 18.3 Å². The lowest BCUT2D eigenvalue weighted by Crippen LogP contribution is -2.47. The fraction of sp³-hybridized carbons (Fsp3) is 0.619. The summed E-state index contributed by atoms with van der Waals surface area (Å²) in [5, 5.41) is 4.78. The monoisotopic (exact) mass is 404 g/mol. The van der Waals surface area contributed by atoms with Crippen LogP contribution in [0.5, 0.6) is 5.75 Å². The average molecular weight is 404 g/mol. The first kappa shape index (κ1) is 18.8. The molecule has 1 aliphatic heterocycles. The van der Waals surface area contributed by atoms with Crippen molar-refractivity contribution in [2.45, 2.75) is 57.8 Å². The van der Waals surface area contributed by atoms with E-state index < -0.39 is 6.61 Å². The molecule has 3 heterocycles. The molecule has 2 unspecified atom stereocenters. The number of halogens is 2. The fourth-order valence-corrected chi connectivity index (χ4v) is 5.58. The lowest BCUT2D eigenvalue weighted by Gasteiger charge is -2.44. The molecule has 2 aromatic heterocycles. The maximum atomic E-state index is 12.7. The number of hydrogen-bond acceptors (Lipinski definition) is 5. The highest BCUT2D eigenvalue weighted by Crippen LogP contribution is 2.71. The van der Waals surface area contributed by atoms with E-state index in [0.29, 0.717) is 34.9 Å². The van der Waals surface area contributed by atoms with Crippen LogP contribution >= 0.6 is 0 Å². The Hall–Kier alpha value is -2.22. The van der Waals surface area contributed by atoms with E-state index in [1.165, 1.54) is 18.2 Å². The first-order chi connectivity index (χ1) is 13.8. The molecule has 3 aliphatic rings. The summed E-state index contributed by atoms with van der Waals surface area (Å²) in [6.45, 7) is 4.45. The quantitative estimate of drug-likeness (QED) is 0.807. The van der Waals surface area contributed by atoms with Gasteiger partial charge in [0.1, 0.15) is 0 Å². The van der Waals surface area contributed by atoms with Crippen molar-refractivity contribution in [2.75, 3.05) is 12.3 Å². The molecular weight excluding hydrogens is 378 g/mol. The van der Waals surface area contributed by atoms with Gasteiger partial charge in [-0.3, -0.25) is 4.68 Å². The molecule has 0 aromatic carbocycles. The van der Waals surface area contributed by atoms with Gasteiger partial charge in [0.05, 0.1) is 17.9 Å². The van der Waals surface area contributed by atoms with Gasteiger partial charge in [0, 0.05) is 35.8 Å². The molecule has 0 radical (unpaired) electrons. The van der Waals surface area contributed by atoms with Gasteiger partial charge in [-0.05, 0) is 50.2 Å². The maximum absolute atomic E-state index is 12.7. The van der Waals surface area contributed by atoms with E-state index in [1.54, 1.807) is 6.20 Å². The van der Waals surface area contributed by atoms with Crippen LogP contribution in [0.1, 0.15) is 51.3 Å². The molecule has 8 heteroatoms. The van der Waals surface area contributed by atoms with Gasteiger partial charge in [-0.15, -0.1) is 0 Å². The van der Waals surface area contributed by atoms with Crippen molar-refractivity contribution >= 4 is 5.82 Å². The van der Waals surface area contributed by atoms with Gasteiger partial charge >= 0.3 is 6.61 Å². The summed E-state index contributed by atoms with van der Waals surface area (Å²) in [5.74, 6) is 2.10. The molecule has 0 bridgehead atoms. The zero-order valence-electron chi connectivity index (χ0n) is 16.8. The van der Waals surface area contributed by atoms with E-state index >= 15 is 0 Å². The predicted octanol–water partition coefficient (Wildman–Crippen LogP) is 4.24. The van der Waals surface area contributed by atoms with E-state index in [1.807, 2.05) is 0 Å². The lowest BCUT2D eigenvalue weighted by molar-refractivity contribution is -0.174. The summed E-state index contributed by atoms with van der Waals surface area (Å²) in [7, 11) is 0. The second-order valence-electron chi connectivity index (χ2n) is 8.90. The third-order valence-electron chi connectivity index (χ3n) is 7.12. The highest BCUT2D eigenvalue weighted by Gasteiger charge is 2.69. The zero-order valence-corrected chi connectivity index (χ0v) is 16.8. The molecule has 1 saturated heterocycles. The van der Waals surface area contributed by atoms with Crippen LogP contribution in [0.25, 0.3) is 11.3 Å². The highest BCUT2D eigenvalue weighted by atomic mass is 19.3. The molecule has 29 heavy (non-hydrogen) atoms. The summed E-state index contributed by atoms with van der Waals surface area (Å²) in [4.78, 5) is 4.01.